The first-order valence-electron chi connectivity index (χ1n) is 5.63. The Morgan fingerprint density at radius 1 is 1.22 bits per heavy atom. The van der Waals surface area contributed by atoms with Crippen LogP contribution in [-0.2, 0) is 6.54 Å². The summed E-state index contributed by atoms with van der Waals surface area (Å²) in [6.45, 7) is 0.795. The van der Waals surface area contributed by atoms with E-state index in [2.05, 4.69) is 27.8 Å². The number of fused-ring (bicyclic) bond motifs is 1. The van der Waals surface area contributed by atoms with Crippen molar-refractivity contribution in [2.75, 3.05) is 5.32 Å². The number of nitrogens with zero attached hydrogens (tertiary/aromatic N) is 1. The Balaban J connectivity index is 1.95. The maximum atomic E-state index is 6.12. The first kappa shape index (κ1) is 11.5. The van der Waals surface area contributed by atoms with Crippen LogP contribution in [0, 0.1) is 0 Å². The van der Waals surface area contributed by atoms with E-state index in [9.17, 15) is 0 Å². The molecule has 2 nitrogen and oxygen atoms in total. The predicted molar refractivity (Wildman–Crippen MR) is 78.4 cm³/mol. The average molecular weight is 275 g/mol. The van der Waals surface area contributed by atoms with Crippen LogP contribution < -0.4 is 5.32 Å². The van der Waals surface area contributed by atoms with Crippen LogP contribution in [0.5, 0.6) is 0 Å². The van der Waals surface area contributed by atoms with Gasteiger partial charge in [-0.15, -0.1) is 11.3 Å². The fraction of sp³-hybridized carbons (Fsp3) is 0.0714. The molecule has 0 unspecified atom stereocenters. The van der Waals surface area contributed by atoms with Crippen LogP contribution in [0.3, 0.4) is 0 Å². The highest BCUT2D eigenvalue weighted by Gasteiger charge is 2.04. The molecular formula is C14H11ClN2S. The maximum Gasteiger partial charge on any atom is 0.0934 e. The van der Waals surface area contributed by atoms with Gasteiger partial charge in [-0.1, -0.05) is 23.7 Å². The Labute approximate surface area is 114 Å². The van der Waals surface area contributed by atoms with Gasteiger partial charge in [-0.25, -0.2) is 0 Å². The summed E-state index contributed by atoms with van der Waals surface area (Å²) in [5.41, 5.74) is 1.94. The third-order valence-electron chi connectivity index (χ3n) is 2.70. The molecule has 1 N–H and O–H groups in total. The van der Waals surface area contributed by atoms with Gasteiger partial charge in [0.05, 0.1) is 11.2 Å². The highest BCUT2D eigenvalue weighted by atomic mass is 35.5. The number of pyridine rings is 1. The Kier molecular flexibility index (Phi) is 3.17. The molecule has 90 valence electrons. The minimum atomic E-state index is 0.726. The predicted octanol–water partition coefficient (Wildman–Crippen LogP) is 4.56. The summed E-state index contributed by atoms with van der Waals surface area (Å²) >= 11 is 7.86. The van der Waals surface area contributed by atoms with E-state index in [4.69, 9.17) is 11.6 Å². The largest absolute Gasteiger partial charge is 0.378 e. The SMILES string of the molecule is Clc1cc(NCc2cccs2)c2ncccc2c1. The van der Waals surface area contributed by atoms with Crippen LogP contribution in [0.1, 0.15) is 4.88 Å². The van der Waals surface area contributed by atoms with Crippen molar-refractivity contribution in [2.45, 2.75) is 6.54 Å². The second-order valence-corrected chi connectivity index (χ2v) is 5.43. The van der Waals surface area contributed by atoms with Crippen molar-refractivity contribution in [2.24, 2.45) is 0 Å². The number of aromatic nitrogens is 1. The molecule has 2 heterocycles. The number of anilines is 1. The number of hydrogen-bond donors (Lipinski definition) is 1. The van der Waals surface area contributed by atoms with Gasteiger partial charge in [0.25, 0.3) is 0 Å². The molecule has 0 aliphatic rings. The fourth-order valence-corrected chi connectivity index (χ4v) is 2.76. The van der Waals surface area contributed by atoms with Crippen LogP contribution >= 0.6 is 22.9 Å². The van der Waals surface area contributed by atoms with Gasteiger partial charge in [0.1, 0.15) is 0 Å². The average Bonchev–Trinajstić information content (AvgIpc) is 2.89. The van der Waals surface area contributed by atoms with Gasteiger partial charge < -0.3 is 5.32 Å². The molecule has 18 heavy (non-hydrogen) atoms. The second-order valence-electron chi connectivity index (χ2n) is 3.96. The van der Waals surface area contributed by atoms with Crippen LogP contribution in [-0.4, -0.2) is 4.98 Å². The molecule has 0 aliphatic carbocycles. The zero-order chi connectivity index (χ0) is 12.4. The van der Waals surface area contributed by atoms with Crippen molar-refractivity contribution in [3.63, 3.8) is 0 Å². The van der Waals surface area contributed by atoms with Crippen molar-refractivity contribution in [1.29, 1.82) is 0 Å². The molecule has 0 saturated heterocycles. The molecule has 0 fully saturated rings. The van der Waals surface area contributed by atoms with Gasteiger partial charge >= 0.3 is 0 Å². The molecule has 0 atom stereocenters. The van der Waals surface area contributed by atoms with E-state index in [1.165, 1.54) is 4.88 Å². The molecule has 3 aromatic rings. The molecule has 3 rings (SSSR count). The minimum absolute atomic E-state index is 0.726. The van der Waals surface area contributed by atoms with Crippen LogP contribution in [0.25, 0.3) is 10.9 Å². The molecule has 1 aromatic carbocycles. The molecular weight excluding hydrogens is 264 g/mol. The third-order valence-corrected chi connectivity index (χ3v) is 3.80. The molecule has 0 aliphatic heterocycles. The first-order chi connectivity index (χ1) is 8.83. The Morgan fingerprint density at radius 3 is 3.00 bits per heavy atom. The van der Waals surface area contributed by atoms with Gasteiger partial charge in [0.15, 0.2) is 0 Å². The van der Waals surface area contributed by atoms with Gasteiger partial charge in [-0.2, -0.15) is 0 Å². The number of benzene rings is 1. The summed E-state index contributed by atoms with van der Waals surface area (Å²) in [4.78, 5) is 5.70. The van der Waals surface area contributed by atoms with E-state index in [0.29, 0.717) is 0 Å². The highest BCUT2D eigenvalue weighted by molar-refractivity contribution is 7.09. The lowest BCUT2D eigenvalue weighted by Gasteiger charge is -2.08. The Hall–Kier alpha value is -1.58. The van der Waals surface area contributed by atoms with E-state index in [-0.39, 0.29) is 0 Å². The standard InChI is InChI=1S/C14H11ClN2S/c15-11-7-10-3-1-5-16-14(10)13(8-11)17-9-12-4-2-6-18-12/h1-8,17H,9H2. The lowest BCUT2D eigenvalue weighted by molar-refractivity contribution is 1.19. The zero-order valence-electron chi connectivity index (χ0n) is 9.56. The lowest BCUT2D eigenvalue weighted by atomic mass is 10.2. The topological polar surface area (TPSA) is 24.9 Å². The van der Waals surface area contributed by atoms with Crippen molar-refractivity contribution < 1.29 is 0 Å². The molecule has 0 amide bonds. The Bertz CT molecular complexity index is 665. The molecule has 0 bridgehead atoms. The highest BCUT2D eigenvalue weighted by Crippen LogP contribution is 2.26. The van der Waals surface area contributed by atoms with E-state index in [1.54, 1.807) is 17.5 Å². The lowest BCUT2D eigenvalue weighted by Crippen LogP contribution is -1.99. The summed E-state index contributed by atoms with van der Waals surface area (Å²) in [7, 11) is 0. The smallest absolute Gasteiger partial charge is 0.0934 e. The van der Waals surface area contributed by atoms with Crippen molar-refractivity contribution >= 4 is 39.5 Å². The minimum Gasteiger partial charge on any atom is -0.378 e. The number of halogens is 1. The number of nitrogens with one attached hydrogen (secondary N) is 1. The number of thiophene rings is 1. The van der Waals surface area contributed by atoms with Crippen LogP contribution in [0.2, 0.25) is 5.02 Å². The summed E-state index contributed by atoms with van der Waals surface area (Å²) in [6.07, 6.45) is 1.80. The van der Waals surface area contributed by atoms with E-state index >= 15 is 0 Å². The van der Waals surface area contributed by atoms with Crippen LogP contribution in [0.4, 0.5) is 5.69 Å². The molecule has 2 aromatic heterocycles. The van der Waals surface area contributed by atoms with E-state index < -0.39 is 0 Å². The van der Waals surface area contributed by atoms with Crippen molar-refractivity contribution in [1.82, 2.24) is 4.98 Å². The first-order valence-corrected chi connectivity index (χ1v) is 6.89. The van der Waals surface area contributed by atoms with Crippen molar-refractivity contribution in [3.05, 3.63) is 57.9 Å². The summed E-state index contributed by atoms with van der Waals surface area (Å²) in [5, 5.41) is 7.25. The van der Waals surface area contributed by atoms with E-state index in [1.807, 2.05) is 24.3 Å². The number of hydrogen-bond acceptors (Lipinski definition) is 3. The van der Waals surface area contributed by atoms with Crippen LogP contribution in [0.15, 0.2) is 48.0 Å². The van der Waals surface area contributed by atoms with Gasteiger partial charge in [0, 0.05) is 28.0 Å². The maximum absolute atomic E-state index is 6.12. The summed E-state index contributed by atoms with van der Waals surface area (Å²) in [6, 6.07) is 11.9. The van der Waals surface area contributed by atoms with Gasteiger partial charge in [-0.3, -0.25) is 4.98 Å². The van der Waals surface area contributed by atoms with Crippen molar-refractivity contribution in [3.8, 4) is 0 Å². The zero-order valence-corrected chi connectivity index (χ0v) is 11.1. The molecule has 0 saturated carbocycles. The second kappa shape index (κ2) is 4.96. The van der Waals surface area contributed by atoms with Gasteiger partial charge in [-0.05, 0) is 29.6 Å². The number of rotatable bonds is 3. The fourth-order valence-electron chi connectivity index (χ4n) is 1.89. The monoisotopic (exact) mass is 274 g/mol. The normalized spacial score (nSPS) is 10.7. The van der Waals surface area contributed by atoms with E-state index in [0.717, 1.165) is 28.2 Å². The Morgan fingerprint density at radius 2 is 2.17 bits per heavy atom. The molecule has 4 heteroatoms. The molecule has 0 spiro atoms. The summed E-state index contributed by atoms with van der Waals surface area (Å²) in [5.74, 6) is 0. The third kappa shape index (κ3) is 2.33. The summed E-state index contributed by atoms with van der Waals surface area (Å²) < 4.78 is 0. The quantitative estimate of drug-likeness (QED) is 0.757. The van der Waals surface area contributed by atoms with Gasteiger partial charge in [0.2, 0.25) is 0 Å². The molecule has 0 radical (unpaired) electrons.